The van der Waals surface area contributed by atoms with Crippen LogP contribution in [0.15, 0.2) is 18.2 Å². The predicted molar refractivity (Wildman–Crippen MR) is 85.6 cm³/mol. The quantitative estimate of drug-likeness (QED) is 0.718. The van der Waals surface area contributed by atoms with E-state index in [0.717, 1.165) is 30.8 Å². The van der Waals surface area contributed by atoms with Gasteiger partial charge in [-0.3, -0.25) is 0 Å². The van der Waals surface area contributed by atoms with E-state index in [1.807, 2.05) is 18.7 Å². The summed E-state index contributed by atoms with van der Waals surface area (Å²) in [6.07, 6.45) is 2.81. The molecule has 1 aromatic rings. The van der Waals surface area contributed by atoms with E-state index in [-0.39, 0.29) is 12.1 Å². The number of rotatable bonds is 8. The molecular formula is C16H27NOS. The van der Waals surface area contributed by atoms with Crippen LogP contribution in [0.1, 0.15) is 42.9 Å². The molecule has 1 aromatic carbocycles. The molecule has 0 aliphatic heterocycles. The number of hydrogen-bond donors (Lipinski definition) is 2. The first-order valence-corrected chi connectivity index (χ1v) is 8.19. The molecule has 0 spiro atoms. The van der Waals surface area contributed by atoms with Gasteiger partial charge in [0.1, 0.15) is 0 Å². The minimum Gasteiger partial charge on any atom is -0.394 e. The molecule has 0 bridgehead atoms. The third kappa shape index (κ3) is 5.98. The highest BCUT2D eigenvalue weighted by molar-refractivity contribution is 7.98. The van der Waals surface area contributed by atoms with Crippen LogP contribution in [0.3, 0.4) is 0 Å². The summed E-state index contributed by atoms with van der Waals surface area (Å²) in [6.45, 7) is 6.42. The van der Waals surface area contributed by atoms with Crippen molar-refractivity contribution in [3.8, 4) is 0 Å². The number of aryl methyl sites for hydroxylation is 2. The van der Waals surface area contributed by atoms with Gasteiger partial charge in [0.05, 0.1) is 6.61 Å². The van der Waals surface area contributed by atoms with Crippen molar-refractivity contribution >= 4 is 11.8 Å². The summed E-state index contributed by atoms with van der Waals surface area (Å²) in [5.74, 6) is 2.16. The highest BCUT2D eigenvalue weighted by Gasteiger charge is 2.20. The van der Waals surface area contributed by atoms with Gasteiger partial charge in [0, 0.05) is 11.3 Å². The average Bonchev–Trinajstić information content (AvgIpc) is 2.37. The molecule has 3 heteroatoms. The van der Waals surface area contributed by atoms with Crippen LogP contribution in [0.2, 0.25) is 0 Å². The Kier molecular flexibility index (Phi) is 6.90. The van der Waals surface area contributed by atoms with Crippen LogP contribution in [0.25, 0.3) is 0 Å². The molecule has 0 fully saturated rings. The number of aliphatic hydroxyl groups is 1. The molecular weight excluding hydrogens is 254 g/mol. The number of aliphatic hydroxyl groups excluding tert-OH is 1. The topological polar surface area (TPSA) is 46.2 Å². The van der Waals surface area contributed by atoms with E-state index in [2.05, 4.69) is 32.0 Å². The lowest BCUT2D eigenvalue weighted by molar-refractivity contribution is 0.182. The molecule has 1 unspecified atom stereocenters. The van der Waals surface area contributed by atoms with E-state index < -0.39 is 0 Å². The molecule has 1 rings (SSSR count). The third-order valence-corrected chi connectivity index (χ3v) is 4.65. The number of hydrogen-bond acceptors (Lipinski definition) is 3. The second-order valence-corrected chi connectivity index (χ2v) is 6.63. The fourth-order valence-corrected chi connectivity index (χ4v) is 3.13. The van der Waals surface area contributed by atoms with Crippen molar-refractivity contribution in [3.63, 3.8) is 0 Å². The first kappa shape index (κ1) is 16.5. The van der Waals surface area contributed by atoms with Gasteiger partial charge in [-0.2, -0.15) is 11.8 Å². The smallest absolute Gasteiger partial charge is 0.0611 e. The van der Waals surface area contributed by atoms with Crippen LogP contribution in [-0.2, 0) is 5.75 Å². The number of benzene rings is 1. The number of nitrogens with two attached hydrogens (primary N) is 1. The average molecular weight is 281 g/mol. The van der Waals surface area contributed by atoms with Gasteiger partial charge < -0.3 is 10.8 Å². The van der Waals surface area contributed by atoms with E-state index in [1.54, 1.807) is 0 Å². The summed E-state index contributed by atoms with van der Waals surface area (Å²) in [7, 11) is 0. The molecule has 0 saturated heterocycles. The van der Waals surface area contributed by atoms with Gasteiger partial charge >= 0.3 is 0 Å². The van der Waals surface area contributed by atoms with E-state index in [9.17, 15) is 5.11 Å². The zero-order valence-corrected chi connectivity index (χ0v) is 13.2. The standard InChI is InChI=1S/C16H27NOS/c1-4-16(17,12-18)6-5-7-19-11-15-9-13(2)8-14(3)10-15/h8-10,18H,4-7,11-12,17H2,1-3H3. The Morgan fingerprint density at radius 3 is 2.37 bits per heavy atom. The van der Waals surface area contributed by atoms with Crippen molar-refractivity contribution < 1.29 is 5.11 Å². The van der Waals surface area contributed by atoms with Crippen molar-refractivity contribution in [2.75, 3.05) is 12.4 Å². The summed E-state index contributed by atoms with van der Waals surface area (Å²) in [4.78, 5) is 0. The van der Waals surface area contributed by atoms with E-state index in [1.165, 1.54) is 16.7 Å². The third-order valence-electron chi connectivity index (χ3n) is 3.53. The van der Waals surface area contributed by atoms with Crippen molar-refractivity contribution in [1.82, 2.24) is 0 Å². The lowest BCUT2D eigenvalue weighted by atomic mass is 9.93. The van der Waals surface area contributed by atoms with E-state index in [4.69, 9.17) is 5.73 Å². The summed E-state index contributed by atoms with van der Waals surface area (Å²) in [6, 6.07) is 6.72. The van der Waals surface area contributed by atoms with Crippen LogP contribution >= 0.6 is 11.8 Å². The molecule has 0 aliphatic carbocycles. The molecule has 0 radical (unpaired) electrons. The lowest BCUT2D eigenvalue weighted by Crippen LogP contribution is -2.42. The maximum atomic E-state index is 9.25. The van der Waals surface area contributed by atoms with Gasteiger partial charge in [0.15, 0.2) is 0 Å². The van der Waals surface area contributed by atoms with E-state index >= 15 is 0 Å². The SMILES string of the molecule is CCC(N)(CO)CCCSCc1cc(C)cc(C)c1. The molecule has 0 amide bonds. The molecule has 19 heavy (non-hydrogen) atoms. The Balaban J connectivity index is 2.27. The maximum Gasteiger partial charge on any atom is 0.0611 e. The molecule has 0 aliphatic rings. The van der Waals surface area contributed by atoms with Gasteiger partial charge in [0.25, 0.3) is 0 Å². The van der Waals surface area contributed by atoms with Crippen LogP contribution in [0.4, 0.5) is 0 Å². The van der Waals surface area contributed by atoms with Gasteiger partial charge in [-0.1, -0.05) is 36.2 Å². The molecule has 0 aromatic heterocycles. The van der Waals surface area contributed by atoms with E-state index in [0.29, 0.717) is 0 Å². The molecule has 0 heterocycles. The zero-order valence-electron chi connectivity index (χ0n) is 12.4. The zero-order chi connectivity index (χ0) is 14.3. The molecule has 2 nitrogen and oxygen atoms in total. The van der Waals surface area contributed by atoms with Crippen molar-refractivity contribution in [3.05, 3.63) is 34.9 Å². The summed E-state index contributed by atoms with van der Waals surface area (Å²) < 4.78 is 0. The molecule has 108 valence electrons. The van der Waals surface area contributed by atoms with Crippen LogP contribution in [0, 0.1) is 13.8 Å². The fourth-order valence-electron chi connectivity index (χ4n) is 2.24. The Morgan fingerprint density at radius 1 is 1.21 bits per heavy atom. The summed E-state index contributed by atoms with van der Waals surface area (Å²) in [5, 5.41) is 9.25. The second-order valence-electron chi connectivity index (χ2n) is 5.53. The van der Waals surface area contributed by atoms with Crippen molar-refractivity contribution in [2.24, 2.45) is 5.73 Å². The minimum atomic E-state index is -0.375. The normalized spacial score (nSPS) is 14.4. The Labute approximate surface area is 121 Å². The first-order valence-electron chi connectivity index (χ1n) is 7.04. The lowest BCUT2D eigenvalue weighted by Gasteiger charge is -2.25. The Hall–Kier alpha value is -0.510. The number of thioether (sulfide) groups is 1. The van der Waals surface area contributed by atoms with Gasteiger partial charge in [0.2, 0.25) is 0 Å². The first-order chi connectivity index (χ1) is 8.99. The molecule has 1 atom stereocenters. The Bertz CT molecular complexity index is 368. The van der Waals surface area contributed by atoms with Crippen LogP contribution < -0.4 is 5.73 Å². The van der Waals surface area contributed by atoms with Gasteiger partial charge in [-0.05, 0) is 44.4 Å². The maximum absolute atomic E-state index is 9.25. The highest BCUT2D eigenvalue weighted by Crippen LogP contribution is 2.19. The monoisotopic (exact) mass is 281 g/mol. The summed E-state index contributed by atoms with van der Waals surface area (Å²) in [5.41, 5.74) is 9.77. The highest BCUT2D eigenvalue weighted by atomic mass is 32.2. The van der Waals surface area contributed by atoms with Crippen LogP contribution in [0.5, 0.6) is 0 Å². The van der Waals surface area contributed by atoms with Crippen LogP contribution in [-0.4, -0.2) is 23.0 Å². The van der Waals surface area contributed by atoms with Crippen molar-refractivity contribution in [1.29, 1.82) is 0 Å². The fraction of sp³-hybridized carbons (Fsp3) is 0.625. The molecule has 0 saturated carbocycles. The predicted octanol–water partition coefficient (Wildman–Crippen LogP) is 3.42. The van der Waals surface area contributed by atoms with Gasteiger partial charge in [-0.25, -0.2) is 0 Å². The van der Waals surface area contributed by atoms with Crippen molar-refractivity contribution in [2.45, 2.75) is 51.3 Å². The minimum absolute atomic E-state index is 0.0885. The van der Waals surface area contributed by atoms with Gasteiger partial charge in [-0.15, -0.1) is 0 Å². The second kappa shape index (κ2) is 7.93. The largest absolute Gasteiger partial charge is 0.394 e. The molecule has 3 N–H and O–H groups in total. The Morgan fingerprint density at radius 2 is 1.84 bits per heavy atom. The summed E-state index contributed by atoms with van der Waals surface area (Å²) >= 11 is 1.95.